The number of nitrogens with one attached hydrogen (secondary N) is 1. The third-order valence-electron chi connectivity index (χ3n) is 3.96. The van der Waals surface area contributed by atoms with Crippen LogP contribution in [0, 0.1) is 6.92 Å². The Morgan fingerprint density at radius 1 is 1.16 bits per heavy atom. The van der Waals surface area contributed by atoms with Gasteiger partial charge >= 0.3 is 5.97 Å². The average molecular weight is 337 g/mol. The fourth-order valence-electron chi connectivity index (χ4n) is 2.61. The van der Waals surface area contributed by atoms with E-state index in [0.29, 0.717) is 12.2 Å². The molecule has 0 fully saturated rings. The third kappa shape index (κ3) is 4.59. The van der Waals surface area contributed by atoms with Crippen molar-refractivity contribution in [3.05, 3.63) is 54.1 Å². The summed E-state index contributed by atoms with van der Waals surface area (Å²) in [5.41, 5.74) is 3.27. The molecule has 2 aromatic rings. The number of benzene rings is 2. The van der Waals surface area contributed by atoms with Gasteiger partial charge in [0.05, 0.1) is 5.69 Å². The molecule has 0 bridgehead atoms. The van der Waals surface area contributed by atoms with Crippen molar-refractivity contribution in [3.8, 4) is 5.75 Å². The van der Waals surface area contributed by atoms with E-state index in [1.807, 2.05) is 24.1 Å². The van der Waals surface area contributed by atoms with Gasteiger partial charge in [-0.25, -0.2) is 0 Å². The lowest BCUT2D eigenvalue weighted by atomic mass is 10.2. The van der Waals surface area contributed by atoms with Crippen LogP contribution in [0.4, 0.5) is 11.4 Å². The summed E-state index contributed by atoms with van der Waals surface area (Å²) < 4.78 is 5.26. The number of esters is 1. The maximum atomic E-state index is 11.5. The molecule has 0 aromatic heterocycles. The molecular formula is C20H23N3O2. The standard InChI is InChI=1S/C20H23N3O2/c1-3-4-20(24)25-18-11-7-16(8-12-18)21-19-13-14-23(22-19)17-9-5-15(2)6-10-17/h5-12H,3-4,13-14H2,1-2H3,(H,21,22). The smallest absolute Gasteiger partial charge is 0.311 e. The predicted molar refractivity (Wildman–Crippen MR) is 101 cm³/mol. The molecule has 3 rings (SSSR count). The summed E-state index contributed by atoms with van der Waals surface area (Å²) in [5, 5.41) is 9.96. The van der Waals surface area contributed by atoms with E-state index in [9.17, 15) is 4.79 Å². The third-order valence-corrected chi connectivity index (χ3v) is 3.96. The van der Waals surface area contributed by atoms with Crippen LogP contribution in [0.5, 0.6) is 5.75 Å². The highest BCUT2D eigenvalue weighted by atomic mass is 16.5. The van der Waals surface area contributed by atoms with Crippen LogP contribution in [-0.2, 0) is 4.79 Å². The van der Waals surface area contributed by atoms with E-state index in [1.54, 1.807) is 12.1 Å². The van der Waals surface area contributed by atoms with Gasteiger partial charge in [-0.2, -0.15) is 5.10 Å². The van der Waals surface area contributed by atoms with Crippen molar-refractivity contribution in [1.29, 1.82) is 0 Å². The zero-order chi connectivity index (χ0) is 17.6. The molecule has 130 valence electrons. The first kappa shape index (κ1) is 17.0. The summed E-state index contributed by atoms with van der Waals surface area (Å²) in [7, 11) is 0. The molecule has 0 aliphatic carbocycles. The number of anilines is 2. The van der Waals surface area contributed by atoms with Gasteiger partial charge in [0, 0.05) is 25.1 Å². The topological polar surface area (TPSA) is 53.9 Å². The van der Waals surface area contributed by atoms with Crippen LogP contribution in [0.15, 0.2) is 53.6 Å². The molecule has 1 heterocycles. The van der Waals surface area contributed by atoms with Crippen molar-refractivity contribution in [1.82, 2.24) is 0 Å². The normalized spacial score (nSPS) is 13.5. The highest BCUT2D eigenvalue weighted by Gasteiger charge is 2.16. The van der Waals surface area contributed by atoms with Gasteiger partial charge in [-0.05, 0) is 49.7 Å². The van der Waals surface area contributed by atoms with Crippen molar-refractivity contribution in [3.63, 3.8) is 0 Å². The Bertz CT molecular complexity index is 752. The van der Waals surface area contributed by atoms with Gasteiger partial charge in [0.25, 0.3) is 0 Å². The molecule has 0 saturated carbocycles. The number of hydrazone groups is 1. The van der Waals surface area contributed by atoms with Gasteiger partial charge in [-0.1, -0.05) is 24.6 Å². The first-order valence-electron chi connectivity index (χ1n) is 8.63. The van der Waals surface area contributed by atoms with Crippen LogP contribution < -0.4 is 15.1 Å². The predicted octanol–water partition coefficient (Wildman–Crippen LogP) is 4.34. The van der Waals surface area contributed by atoms with Crippen molar-refractivity contribution in [2.75, 3.05) is 16.9 Å². The highest BCUT2D eigenvalue weighted by molar-refractivity contribution is 5.97. The molecule has 0 saturated heterocycles. The average Bonchev–Trinajstić information content (AvgIpc) is 3.06. The van der Waals surface area contributed by atoms with Gasteiger partial charge in [0.2, 0.25) is 0 Å². The summed E-state index contributed by atoms with van der Waals surface area (Å²) in [6.07, 6.45) is 2.09. The molecular weight excluding hydrogens is 314 g/mol. The van der Waals surface area contributed by atoms with E-state index in [4.69, 9.17) is 4.74 Å². The van der Waals surface area contributed by atoms with E-state index in [1.165, 1.54) is 5.56 Å². The molecule has 5 heteroatoms. The Kier molecular flexibility index (Phi) is 5.33. The van der Waals surface area contributed by atoms with E-state index in [0.717, 1.165) is 36.6 Å². The second-order valence-electron chi connectivity index (χ2n) is 6.13. The van der Waals surface area contributed by atoms with Crippen molar-refractivity contribution < 1.29 is 9.53 Å². The molecule has 25 heavy (non-hydrogen) atoms. The van der Waals surface area contributed by atoms with Crippen LogP contribution in [0.25, 0.3) is 0 Å². The molecule has 0 amide bonds. The summed E-state index contributed by atoms with van der Waals surface area (Å²) in [4.78, 5) is 11.5. The Balaban J connectivity index is 1.60. The molecule has 2 aromatic carbocycles. The van der Waals surface area contributed by atoms with Crippen LogP contribution >= 0.6 is 0 Å². The minimum atomic E-state index is -0.197. The largest absolute Gasteiger partial charge is 0.427 e. The first-order valence-corrected chi connectivity index (χ1v) is 8.63. The summed E-state index contributed by atoms with van der Waals surface area (Å²) >= 11 is 0. The van der Waals surface area contributed by atoms with Gasteiger partial charge in [0.1, 0.15) is 11.6 Å². The minimum absolute atomic E-state index is 0.197. The Hall–Kier alpha value is -2.82. The second kappa shape index (κ2) is 7.83. The van der Waals surface area contributed by atoms with Crippen molar-refractivity contribution in [2.24, 2.45) is 5.10 Å². The van der Waals surface area contributed by atoms with Crippen molar-refractivity contribution in [2.45, 2.75) is 33.1 Å². The Morgan fingerprint density at radius 2 is 1.88 bits per heavy atom. The number of carbonyl (C=O) groups excluding carboxylic acids is 1. The number of ether oxygens (including phenoxy) is 1. The molecule has 0 atom stereocenters. The number of nitrogens with zero attached hydrogens (tertiary/aromatic N) is 2. The molecule has 1 N–H and O–H groups in total. The van der Waals surface area contributed by atoms with Gasteiger partial charge in [-0.15, -0.1) is 0 Å². The van der Waals surface area contributed by atoms with Gasteiger partial charge in [0.15, 0.2) is 0 Å². The van der Waals surface area contributed by atoms with Crippen LogP contribution in [-0.4, -0.2) is 18.3 Å². The first-order chi connectivity index (χ1) is 12.1. The summed E-state index contributed by atoms with van der Waals surface area (Å²) in [6, 6.07) is 15.7. The monoisotopic (exact) mass is 337 g/mol. The SMILES string of the molecule is CCCC(=O)Oc1ccc(NC2=NN(c3ccc(C)cc3)CC2)cc1. The molecule has 5 nitrogen and oxygen atoms in total. The van der Waals surface area contributed by atoms with E-state index in [-0.39, 0.29) is 5.97 Å². The lowest BCUT2D eigenvalue weighted by molar-refractivity contribution is -0.134. The molecule has 1 aliphatic rings. The summed E-state index contributed by atoms with van der Waals surface area (Å²) in [5.74, 6) is 1.30. The van der Waals surface area contributed by atoms with E-state index < -0.39 is 0 Å². The van der Waals surface area contributed by atoms with Gasteiger partial charge in [-0.3, -0.25) is 9.80 Å². The minimum Gasteiger partial charge on any atom is -0.427 e. The maximum Gasteiger partial charge on any atom is 0.311 e. The lowest BCUT2D eigenvalue weighted by Gasteiger charge is -2.13. The number of amidine groups is 1. The van der Waals surface area contributed by atoms with E-state index in [2.05, 4.69) is 41.6 Å². The van der Waals surface area contributed by atoms with Gasteiger partial charge < -0.3 is 10.1 Å². The number of hydrogen-bond donors (Lipinski definition) is 1. The lowest BCUT2D eigenvalue weighted by Crippen LogP contribution is -2.11. The Labute approximate surface area is 148 Å². The van der Waals surface area contributed by atoms with Crippen LogP contribution in [0.1, 0.15) is 31.7 Å². The maximum absolute atomic E-state index is 11.5. The summed E-state index contributed by atoms with van der Waals surface area (Å²) in [6.45, 7) is 4.89. The zero-order valence-corrected chi connectivity index (χ0v) is 14.7. The molecule has 0 unspecified atom stereocenters. The van der Waals surface area contributed by atoms with Crippen LogP contribution in [0.3, 0.4) is 0 Å². The second-order valence-corrected chi connectivity index (χ2v) is 6.13. The number of aryl methyl sites for hydroxylation is 1. The fourth-order valence-corrected chi connectivity index (χ4v) is 2.61. The molecule has 1 aliphatic heterocycles. The van der Waals surface area contributed by atoms with Crippen molar-refractivity contribution >= 4 is 23.2 Å². The number of hydrogen-bond acceptors (Lipinski definition) is 5. The number of carbonyl (C=O) groups is 1. The molecule has 0 radical (unpaired) electrons. The fraction of sp³-hybridized carbons (Fsp3) is 0.300. The van der Waals surface area contributed by atoms with Crippen LogP contribution in [0.2, 0.25) is 0 Å². The quantitative estimate of drug-likeness (QED) is 0.651. The Morgan fingerprint density at radius 3 is 2.56 bits per heavy atom. The number of rotatable bonds is 5. The zero-order valence-electron chi connectivity index (χ0n) is 14.7. The van der Waals surface area contributed by atoms with E-state index >= 15 is 0 Å². The molecule has 0 spiro atoms. The highest BCUT2D eigenvalue weighted by Crippen LogP contribution is 2.22.